The summed E-state index contributed by atoms with van der Waals surface area (Å²) in [5, 5.41) is 4.23. The van der Waals surface area contributed by atoms with Crippen LogP contribution in [0.25, 0.3) is 10.9 Å². The number of methoxy groups -OCH3 is 1. The number of carbonyl (C=O) groups is 1. The average molecular weight is 487 g/mol. The van der Waals surface area contributed by atoms with E-state index < -0.39 is 0 Å². The molecule has 1 heterocycles. The molecule has 5 nitrogen and oxygen atoms in total. The van der Waals surface area contributed by atoms with Gasteiger partial charge in [-0.2, -0.15) is 0 Å². The molecule has 5 heteroatoms. The lowest BCUT2D eigenvalue weighted by Crippen LogP contribution is -2.25. The summed E-state index contributed by atoms with van der Waals surface area (Å²) in [7, 11) is 1.68. The van der Waals surface area contributed by atoms with Crippen molar-refractivity contribution in [2.45, 2.75) is 110 Å². The van der Waals surface area contributed by atoms with Crippen LogP contribution in [0.5, 0.6) is 5.75 Å². The maximum absolute atomic E-state index is 12.1. The topological polar surface area (TPSA) is 63.3 Å². The first-order valence-electron chi connectivity index (χ1n) is 14.2. The normalized spacial score (nSPS) is 11.3. The summed E-state index contributed by atoms with van der Waals surface area (Å²) in [6.07, 6.45) is 21.3. The third-order valence-corrected chi connectivity index (χ3v) is 6.78. The van der Waals surface area contributed by atoms with Crippen LogP contribution in [0.15, 0.2) is 24.4 Å². The smallest absolute Gasteiger partial charge is 0.220 e. The molecular formula is C30H50N2O3. The number of amides is 1. The highest BCUT2D eigenvalue weighted by atomic mass is 16.5. The van der Waals surface area contributed by atoms with Crippen molar-refractivity contribution in [2.24, 2.45) is 0 Å². The number of hydrogen-bond acceptors (Lipinski definition) is 3. The summed E-state index contributed by atoms with van der Waals surface area (Å²) in [5.74, 6) is 1.01. The van der Waals surface area contributed by atoms with E-state index in [1.165, 1.54) is 76.2 Å². The number of nitrogens with one attached hydrogen (secondary N) is 2. The fourth-order valence-electron chi connectivity index (χ4n) is 4.55. The number of hydrogen-bond donors (Lipinski definition) is 2. The molecule has 0 aliphatic heterocycles. The minimum Gasteiger partial charge on any atom is -0.497 e. The molecule has 1 aromatic heterocycles. The van der Waals surface area contributed by atoms with E-state index in [0.29, 0.717) is 13.0 Å². The molecule has 2 aromatic rings. The molecule has 0 aliphatic rings. The third-order valence-electron chi connectivity index (χ3n) is 6.78. The molecule has 0 unspecified atom stereocenters. The van der Waals surface area contributed by atoms with Crippen molar-refractivity contribution in [2.75, 3.05) is 26.9 Å². The Morgan fingerprint density at radius 3 is 2.14 bits per heavy atom. The van der Waals surface area contributed by atoms with Gasteiger partial charge in [-0.25, -0.2) is 0 Å². The first-order chi connectivity index (χ1) is 17.2. The number of benzene rings is 1. The van der Waals surface area contributed by atoms with Crippen LogP contribution in [0.1, 0.15) is 109 Å². The van der Waals surface area contributed by atoms with Gasteiger partial charge < -0.3 is 19.8 Å². The molecule has 35 heavy (non-hydrogen) atoms. The second-order valence-electron chi connectivity index (χ2n) is 9.78. The molecule has 0 fully saturated rings. The molecule has 0 saturated carbocycles. The van der Waals surface area contributed by atoms with Gasteiger partial charge in [-0.3, -0.25) is 4.79 Å². The van der Waals surface area contributed by atoms with Crippen LogP contribution in [0.4, 0.5) is 0 Å². The minimum atomic E-state index is 0.159. The number of aromatic nitrogens is 1. The second-order valence-corrected chi connectivity index (χ2v) is 9.78. The van der Waals surface area contributed by atoms with Gasteiger partial charge in [0.05, 0.1) is 7.11 Å². The third kappa shape index (κ3) is 13.0. The van der Waals surface area contributed by atoms with Gasteiger partial charge in [0.25, 0.3) is 0 Å². The van der Waals surface area contributed by atoms with E-state index in [1.807, 2.05) is 24.4 Å². The van der Waals surface area contributed by atoms with E-state index in [9.17, 15) is 4.79 Å². The highest BCUT2D eigenvalue weighted by Gasteiger charge is 2.06. The Hall–Kier alpha value is -2.01. The molecule has 0 atom stereocenters. The number of carbonyl (C=O) groups excluding carboxylic acids is 1. The molecule has 0 radical (unpaired) electrons. The molecule has 0 bridgehead atoms. The molecule has 0 saturated heterocycles. The molecule has 0 spiro atoms. The quantitative estimate of drug-likeness (QED) is 0.167. The Labute approximate surface area is 213 Å². The van der Waals surface area contributed by atoms with Gasteiger partial charge in [0.2, 0.25) is 5.91 Å². The highest BCUT2D eigenvalue weighted by molar-refractivity contribution is 5.84. The second kappa shape index (κ2) is 19.2. The lowest BCUT2D eigenvalue weighted by Gasteiger charge is -2.06. The standard InChI is InChI=1S/C30H50N2O3/c1-3-4-5-6-7-8-9-12-15-22-35-23-16-13-10-11-14-17-30(33)31-21-20-26-25-32-29-19-18-27(34-2)24-28(26)29/h18-19,24-25,32H,3-17,20-23H2,1-2H3,(H,31,33). The number of ether oxygens (including phenoxy) is 2. The lowest BCUT2D eigenvalue weighted by molar-refractivity contribution is -0.121. The fraction of sp³-hybridized carbons (Fsp3) is 0.700. The Balaban J connectivity index is 1.35. The molecule has 1 aromatic carbocycles. The number of fused-ring (bicyclic) bond motifs is 1. The zero-order chi connectivity index (χ0) is 25.0. The lowest BCUT2D eigenvalue weighted by atomic mass is 10.1. The highest BCUT2D eigenvalue weighted by Crippen LogP contribution is 2.23. The van der Waals surface area contributed by atoms with Gasteiger partial charge in [0.15, 0.2) is 0 Å². The van der Waals surface area contributed by atoms with Crippen molar-refractivity contribution in [3.63, 3.8) is 0 Å². The van der Waals surface area contributed by atoms with Crippen LogP contribution in [0.2, 0.25) is 0 Å². The largest absolute Gasteiger partial charge is 0.497 e. The minimum absolute atomic E-state index is 0.159. The van der Waals surface area contributed by atoms with Gasteiger partial charge in [-0.1, -0.05) is 77.6 Å². The van der Waals surface area contributed by atoms with Crippen molar-refractivity contribution in [3.05, 3.63) is 30.0 Å². The van der Waals surface area contributed by atoms with Crippen LogP contribution < -0.4 is 10.1 Å². The van der Waals surface area contributed by atoms with E-state index in [-0.39, 0.29) is 5.91 Å². The first kappa shape index (κ1) is 29.2. The van der Waals surface area contributed by atoms with Crippen LogP contribution >= 0.6 is 0 Å². The summed E-state index contributed by atoms with van der Waals surface area (Å²) >= 11 is 0. The Morgan fingerprint density at radius 2 is 1.49 bits per heavy atom. The van der Waals surface area contributed by atoms with Gasteiger partial charge in [-0.15, -0.1) is 0 Å². The zero-order valence-corrected chi connectivity index (χ0v) is 22.5. The maximum atomic E-state index is 12.1. The Bertz CT molecular complexity index is 802. The first-order valence-corrected chi connectivity index (χ1v) is 14.2. The van der Waals surface area contributed by atoms with Crippen molar-refractivity contribution >= 4 is 16.8 Å². The number of rotatable bonds is 22. The van der Waals surface area contributed by atoms with Gasteiger partial charge in [-0.05, 0) is 49.4 Å². The molecular weight excluding hydrogens is 436 g/mol. The average Bonchev–Trinajstić information content (AvgIpc) is 3.28. The van der Waals surface area contributed by atoms with E-state index in [0.717, 1.165) is 55.5 Å². The molecule has 0 aliphatic carbocycles. The zero-order valence-electron chi connectivity index (χ0n) is 22.5. The van der Waals surface area contributed by atoms with Crippen molar-refractivity contribution in [1.82, 2.24) is 10.3 Å². The number of aromatic amines is 1. The Kier molecular flexibility index (Phi) is 16.0. The summed E-state index contributed by atoms with van der Waals surface area (Å²) in [5.41, 5.74) is 2.31. The van der Waals surface area contributed by atoms with Gasteiger partial charge in [0.1, 0.15) is 5.75 Å². The van der Waals surface area contributed by atoms with E-state index in [4.69, 9.17) is 9.47 Å². The predicted octanol–water partition coefficient (Wildman–Crippen LogP) is 7.72. The summed E-state index contributed by atoms with van der Waals surface area (Å²) in [6.45, 7) is 4.74. The van der Waals surface area contributed by atoms with Crippen LogP contribution in [0, 0.1) is 0 Å². The van der Waals surface area contributed by atoms with Crippen molar-refractivity contribution < 1.29 is 14.3 Å². The van der Waals surface area contributed by atoms with E-state index in [2.05, 4.69) is 17.2 Å². The van der Waals surface area contributed by atoms with Crippen LogP contribution in [-0.4, -0.2) is 37.8 Å². The van der Waals surface area contributed by atoms with Crippen LogP contribution in [-0.2, 0) is 16.0 Å². The fourth-order valence-corrected chi connectivity index (χ4v) is 4.55. The van der Waals surface area contributed by atoms with E-state index in [1.54, 1.807) is 7.11 Å². The number of unbranched alkanes of at least 4 members (excludes halogenated alkanes) is 12. The molecule has 1 amide bonds. The van der Waals surface area contributed by atoms with Crippen molar-refractivity contribution in [1.29, 1.82) is 0 Å². The van der Waals surface area contributed by atoms with E-state index >= 15 is 0 Å². The monoisotopic (exact) mass is 486 g/mol. The summed E-state index contributed by atoms with van der Waals surface area (Å²) < 4.78 is 11.1. The SMILES string of the molecule is CCCCCCCCCCCOCCCCCCCC(=O)NCCc1c[nH]c2ccc(OC)cc12. The molecule has 198 valence electrons. The van der Waals surface area contributed by atoms with Gasteiger partial charge in [0, 0.05) is 43.3 Å². The maximum Gasteiger partial charge on any atom is 0.220 e. The number of H-pyrrole nitrogens is 1. The molecule has 2 N–H and O–H groups in total. The summed E-state index contributed by atoms with van der Waals surface area (Å²) in [4.78, 5) is 15.4. The summed E-state index contributed by atoms with van der Waals surface area (Å²) in [6, 6.07) is 6.03. The van der Waals surface area contributed by atoms with Crippen molar-refractivity contribution in [3.8, 4) is 5.75 Å². The Morgan fingerprint density at radius 1 is 0.857 bits per heavy atom. The molecule has 2 rings (SSSR count). The van der Waals surface area contributed by atoms with Crippen LogP contribution in [0.3, 0.4) is 0 Å². The van der Waals surface area contributed by atoms with Gasteiger partial charge >= 0.3 is 0 Å². The predicted molar refractivity (Wildman–Crippen MR) is 147 cm³/mol.